The van der Waals surface area contributed by atoms with Crippen molar-refractivity contribution in [2.75, 3.05) is 32.8 Å². The fraction of sp³-hybridized carbons (Fsp3) is 0.261. The standard InChI is InChI=1S/C23H19Br2N3O7S/c24-17-9-15(10-18(25)21(17)35-13-14-1-3-16(4-2-14)28(32)33)11-19-22(30)27(23(31)36-19)12-20(29)26-5-7-34-8-6-26/h1-4,9-11H,5-8,12-13H2/b19-11+. The van der Waals surface area contributed by atoms with Gasteiger partial charge >= 0.3 is 0 Å². The Morgan fingerprint density at radius 3 is 2.39 bits per heavy atom. The quantitative estimate of drug-likeness (QED) is 0.245. The van der Waals surface area contributed by atoms with Gasteiger partial charge in [0.15, 0.2) is 0 Å². The normalized spacial score (nSPS) is 17.1. The Morgan fingerprint density at radius 1 is 1.14 bits per heavy atom. The summed E-state index contributed by atoms with van der Waals surface area (Å²) in [6.45, 7) is 1.63. The molecule has 2 saturated heterocycles. The van der Waals surface area contributed by atoms with E-state index in [0.717, 1.165) is 22.2 Å². The first-order valence-corrected chi connectivity index (χ1v) is 13.1. The topological polar surface area (TPSA) is 119 Å². The second-order valence-electron chi connectivity index (χ2n) is 7.79. The van der Waals surface area contributed by atoms with Crippen molar-refractivity contribution in [2.45, 2.75) is 6.61 Å². The molecule has 2 aliphatic heterocycles. The number of nitro benzene ring substituents is 1. The molecule has 0 bridgehead atoms. The zero-order valence-electron chi connectivity index (χ0n) is 18.6. The lowest BCUT2D eigenvalue weighted by Gasteiger charge is -2.28. The van der Waals surface area contributed by atoms with Crippen molar-refractivity contribution < 1.29 is 28.8 Å². The van der Waals surface area contributed by atoms with Crippen LogP contribution in [0.25, 0.3) is 6.08 Å². The van der Waals surface area contributed by atoms with Gasteiger partial charge in [-0.2, -0.15) is 0 Å². The molecule has 0 aliphatic carbocycles. The Labute approximate surface area is 227 Å². The van der Waals surface area contributed by atoms with Crippen molar-refractivity contribution in [2.24, 2.45) is 0 Å². The number of nitro groups is 1. The third-order valence-electron chi connectivity index (χ3n) is 5.38. The smallest absolute Gasteiger partial charge is 0.294 e. The number of imide groups is 1. The minimum atomic E-state index is -0.516. The number of halogens is 2. The summed E-state index contributed by atoms with van der Waals surface area (Å²) in [7, 11) is 0. The molecule has 0 spiro atoms. The van der Waals surface area contributed by atoms with Gasteiger partial charge in [-0.15, -0.1) is 0 Å². The maximum Gasteiger partial charge on any atom is 0.294 e. The number of nitrogens with zero attached hydrogens (tertiary/aromatic N) is 3. The molecule has 2 heterocycles. The number of amides is 3. The van der Waals surface area contributed by atoms with Gasteiger partial charge in [-0.05, 0) is 85.1 Å². The molecule has 2 aromatic rings. The van der Waals surface area contributed by atoms with Gasteiger partial charge in [-0.25, -0.2) is 0 Å². The lowest BCUT2D eigenvalue weighted by atomic mass is 10.2. The number of benzene rings is 2. The number of carbonyl (C=O) groups is 3. The van der Waals surface area contributed by atoms with Crippen LogP contribution in [0.5, 0.6) is 5.75 Å². The van der Waals surface area contributed by atoms with E-state index in [4.69, 9.17) is 9.47 Å². The molecule has 2 aliphatic rings. The Kier molecular flexibility index (Phi) is 8.44. The molecule has 3 amide bonds. The van der Waals surface area contributed by atoms with Gasteiger partial charge in [0, 0.05) is 25.2 Å². The van der Waals surface area contributed by atoms with E-state index in [2.05, 4.69) is 31.9 Å². The Morgan fingerprint density at radius 2 is 1.78 bits per heavy atom. The zero-order valence-corrected chi connectivity index (χ0v) is 22.6. The van der Waals surface area contributed by atoms with Crippen LogP contribution in [-0.2, 0) is 20.9 Å². The van der Waals surface area contributed by atoms with Crippen LogP contribution in [0.3, 0.4) is 0 Å². The van der Waals surface area contributed by atoms with Crippen LogP contribution >= 0.6 is 43.6 Å². The lowest BCUT2D eigenvalue weighted by Crippen LogP contribution is -2.46. The van der Waals surface area contributed by atoms with Crippen molar-refractivity contribution in [1.82, 2.24) is 9.80 Å². The van der Waals surface area contributed by atoms with Crippen LogP contribution in [0.15, 0.2) is 50.2 Å². The highest BCUT2D eigenvalue weighted by molar-refractivity contribution is 9.11. The molecule has 13 heteroatoms. The fourth-order valence-electron chi connectivity index (χ4n) is 3.51. The van der Waals surface area contributed by atoms with Crippen LogP contribution in [-0.4, -0.2) is 64.6 Å². The van der Waals surface area contributed by atoms with Crippen molar-refractivity contribution in [3.8, 4) is 5.75 Å². The van der Waals surface area contributed by atoms with Gasteiger partial charge in [0.05, 0.1) is 32.0 Å². The third kappa shape index (κ3) is 6.14. The molecule has 0 radical (unpaired) electrons. The van der Waals surface area contributed by atoms with E-state index in [1.54, 1.807) is 35.2 Å². The second-order valence-corrected chi connectivity index (χ2v) is 10.5. The summed E-state index contributed by atoms with van der Waals surface area (Å²) in [4.78, 5) is 50.8. The number of ether oxygens (including phenoxy) is 2. The van der Waals surface area contributed by atoms with Gasteiger partial charge in [0.2, 0.25) is 5.91 Å². The van der Waals surface area contributed by atoms with Crippen molar-refractivity contribution in [1.29, 1.82) is 0 Å². The maximum absolute atomic E-state index is 12.8. The van der Waals surface area contributed by atoms with E-state index in [-0.39, 0.29) is 29.7 Å². The molecule has 36 heavy (non-hydrogen) atoms. The highest BCUT2D eigenvalue weighted by Gasteiger charge is 2.37. The summed E-state index contributed by atoms with van der Waals surface area (Å²) >= 11 is 7.71. The van der Waals surface area contributed by atoms with Gasteiger partial charge < -0.3 is 14.4 Å². The minimum absolute atomic E-state index is 0.000314. The van der Waals surface area contributed by atoms with E-state index in [9.17, 15) is 24.5 Å². The largest absolute Gasteiger partial charge is 0.487 e. The molecule has 4 rings (SSSR count). The first-order chi connectivity index (χ1) is 17.2. The van der Waals surface area contributed by atoms with E-state index < -0.39 is 16.1 Å². The molecule has 10 nitrogen and oxygen atoms in total. The number of hydrogen-bond acceptors (Lipinski definition) is 8. The zero-order chi connectivity index (χ0) is 25.8. The molecule has 2 aromatic carbocycles. The van der Waals surface area contributed by atoms with Gasteiger partial charge in [-0.1, -0.05) is 0 Å². The fourth-order valence-corrected chi connectivity index (χ4v) is 5.79. The lowest BCUT2D eigenvalue weighted by molar-refractivity contribution is -0.384. The van der Waals surface area contributed by atoms with E-state index in [0.29, 0.717) is 46.6 Å². The summed E-state index contributed by atoms with van der Waals surface area (Å²) in [6, 6.07) is 9.54. The Bertz CT molecular complexity index is 1220. The molecule has 0 unspecified atom stereocenters. The molecule has 0 atom stereocenters. The van der Waals surface area contributed by atoms with Gasteiger partial charge in [0.1, 0.15) is 18.9 Å². The summed E-state index contributed by atoms with van der Waals surface area (Å²) in [5.74, 6) is -0.297. The van der Waals surface area contributed by atoms with Gasteiger partial charge in [-0.3, -0.25) is 29.4 Å². The molecule has 0 aromatic heterocycles. The first-order valence-electron chi connectivity index (χ1n) is 10.7. The third-order valence-corrected chi connectivity index (χ3v) is 7.46. The number of hydrogen-bond donors (Lipinski definition) is 0. The molecule has 0 N–H and O–H groups in total. The Hall–Kier alpha value is -2.74. The van der Waals surface area contributed by atoms with Gasteiger partial charge in [0.25, 0.3) is 16.8 Å². The second kappa shape index (κ2) is 11.5. The monoisotopic (exact) mass is 639 g/mol. The Balaban J connectivity index is 1.43. The van der Waals surface area contributed by atoms with Crippen LogP contribution in [0.1, 0.15) is 11.1 Å². The number of carbonyl (C=O) groups excluding carboxylic acids is 3. The summed E-state index contributed by atoms with van der Waals surface area (Å²) in [6.07, 6.45) is 1.58. The summed E-state index contributed by atoms with van der Waals surface area (Å²) in [5.41, 5.74) is 1.39. The number of thioether (sulfide) groups is 1. The van der Waals surface area contributed by atoms with Crippen LogP contribution < -0.4 is 4.74 Å². The van der Waals surface area contributed by atoms with Crippen LogP contribution in [0.2, 0.25) is 0 Å². The molecule has 0 saturated carbocycles. The highest BCUT2D eigenvalue weighted by Crippen LogP contribution is 2.38. The summed E-state index contributed by atoms with van der Waals surface area (Å²) in [5, 5.41) is 10.3. The van der Waals surface area contributed by atoms with E-state index in [1.165, 1.54) is 12.1 Å². The predicted octanol–water partition coefficient (Wildman–Crippen LogP) is 4.59. The highest BCUT2D eigenvalue weighted by atomic mass is 79.9. The van der Waals surface area contributed by atoms with Crippen LogP contribution in [0.4, 0.5) is 10.5 Å². The number of non-ortho nitro benzene ring substituents is 1. The SMILES string of the molecule is O=C(CN1C(=O)S/C(=C/c2cc(Br)c(OCc3ccc([N+](=O)[O-])cc3)c(Br)c2)C1=O)N1CCOCC1. The van der Waals surface area contributed by atoms with E-state index in [1.807, 2.05) is 0 Å². The average Bonchev–Trinajstić information content (AvgIpc) is 3.11. The maximum atomic E-state index is 12.8. The average molecular weight is 641 g/mol. The molecular weight excluding hydrogens is 622 g/mol. The minimum Gasteiger partial charge on any atom is -0.487 e. The number of rotatable bonds is 7. The molecule has 2 fully saturated rings. The molecule has 188 valence electrons. The van der Waals surface area contributed by atoms with Crippen molar-refractivity contribution in [3.05, 3.63) is 71.5 Å². The van der Waals surface area contributed by atoms with Crippen molar-refractivity contribution in [3.63, 3.8) is 0 Å². The molecular formula is C23H19Br2N3O7S. The number of morpholine rings is 1. The van der Waals surface area contributed by atoms with Crippen LogP contribution in [0, 0.1) is 10.1 Å². The van der Waals surface area contributed by atoms with E-state index >= 15 is 0 Å². The van der Waals surface area contributed by atoms with Crippen molar-refractivity contribution >= 4 is 72.4 Å². The summed E-state index contributed by atoms with van der Waals surface area (Å²) < 4.78 is 12.3. The first kappa shape index (κ1) is 26.3. The predicted molar refractivity (Wildman–Crippen MR) is 139 cm³/mol.